The maximum atomic E-state index is 12.7. The van der Waals surface area contributed by atoms with Gasteiger partial charge in [-0.2, -0.15) is 0 Å². The van der Waals surface area contributed by atoms with Crippen LogP contribution in [0.25, 0.3) is 10.2 Å². The molecule has 0 saturated carbocycles. The van der Waals surface area contributed by atoms with Crippen LogP contribution in [0.1, 0.15) is 12.0 Å². The fourth-order valence-corrected chi connectivity index (χ4v) is 4.62. The lowest BCUT2D eigenvalue weighted by atomic mass is 10.1. The third-order valence-electron chi connectivity index (χ3n) is 4.63. The summed E-state index contributed by atoms with van der Waals surface area (Å²) >= 11 is 3.09. The zero-order valence-corrected chi connectivity index (χ0v) is 16.7. The molecule has 2 aromatic carbocycles. The highest BCUT2D eigenvalue weighted by atomic mass is 32.2. The summed E-state index contributed by atoms with van der Waals surface area (Å²) in [5.74, 6) is -0.542. The largest absolute Gasteiger partial charge is 0.312 e. The lowest BCUT2D eigenvalue weighted by Gasteiger charge is -2.17. The van der Waals surface area contributed by atoms with E-state index >= 15 is 0 Å². The third kappa shape index (κ3) is 3.70. The van der Waals surface area contributed by atoms with Gasteiger partial charge >= 0.3 is 0 Å². The second-order valence-electron chi connectivity index (χ2n) is 6.59. The second kappa shape index (κ2) is 7.32. The van der Waals surface area contributed by atoms with Gasteiger partial charge in [-0.3, -0.25) is 9.59 Å². The Hall–Kier alpha value is -2.38. The van der Waals surface area contributed by atoms with Crippen LogP contribution >= 0.6 is 23.1 Å². The van der Waals surface area contributed by atoms with Crippen LogP contribution in [0.15, 0.2) is 47.4 Å². The minimum atomic E-state index is -0.371. The number of hydrogen-bond acceptors (Lipinski definition) is 5. The number of nitrogens with zero attached hydrogens (tertiary/aromatic N) is 2. The van der Waals surface area contributed by atoms with Crippen LogP contribution in [0.4, 0.5) is 10.8 Å². The van der Waals surface area contributed by atoms with Crippen LogP contribution in [0.3, 0.4) is 0 Å². The molecule has 138 valence electrons. The highest BCUT2D eigenvalue weighted by Crippen LogP contribution is 2.30. The number of thiazole rings is 1. The number of fused-ring (bicyclic) bond motifs is 1. The summed E-state index contributed by atoms with van der Waals surface area (Å²) in [6.45, 7) is 2.43. The highest BCUT2D eigenvalue weighted by molar-refractivity contribution is 7.98. The molecule has 3 aromatic rings. The summed E-state index contributed by atoms with van der Waals surface area (Å²) in [6.07, 6.45) is 2.22. The van der Waals surface area contributed by atoms with Crippen LogP contribution in [0.2, 0.25) is 0 Å². The van der Waals surface area contributed by atoms with E-state index in [1.165, 1.54) is 11.3 Å². The Morgan fingerprint density at radius 3 is 2.96 bits per heavy atom. The van der Waals surface area contributed by atoms with Gasteiger partial charge in [-0.25, -0.2) is 4.98 Å². The molecule has 27 heavy (non-hydrogen) atoms. The van der Waals surface area contributed by atoms with Crippen LogP contribution in [0.5, 0.6) is 0 Å². The molecule has 0 spiro atoms. The predicted molar refractivity (Wildman–Crippen MR) is 112 cm³/mol. The lowest BCUT2D eigenvalue weighted by Crippen LogP contribution is -2.28. The van der Waals surface area contributed by atoms with Crippen LogP contribution in [-0.4, -0.2) is 29.6 Å². The van der Waals surface area contributed by atoms with Crippen molar-refractivity contribution in [2.45, 2.75) is 18.2 Å². The zero-order chi connectivity index (χ0) is 19.0. The van der Waals surface area contributed by atoms with Crippen molar-refractivity contribution in [2.24, 2.45) is 5.92 Å². The van der Waals surface area contributed by atoms with Gasteiger partial charge in [0.1, 0.15) is 0 Å². The molecule has 1 atom stereocenters. The van der Waals surface area contributed by atoms with Crippen molar-refractivity contribution in [3.05, 3.63) is 48.0 Å². The molecule has 4 rings (SSSR count). The smallest absolute Gasteiger partial charge is 0.231 e. The van der Waals surface area contributed by atoms with E-state index in [0.29, 0.717) is 11.7 Å². The first kappa shape index (κ1) is 18.0. The number of carbonyl (C=O) groups excluding carboxylic acids is 2. The fraction of sp³-hybridized carbons (Fsp3) is 0.250. The number of aromatic nitrogens is 1. The van der Waals surface area contributed by atoms with Crippen LogP contribution in [0, 0.1) is 12.8 Å². The van der Waals surface area contributed by atoms with Gasteiger partial charge in [0.2, 0.25) is 11.8 Å². The minimum absolute atomic E-state index is 0.0201. The van der Waals surface area contributed by atoms with Crippen molar-refractivity contribution >= 4 is 55.9 Å². The topological polar surface area (TPSA) is 62.3 Å². The minimum Gasteiger partial charge on any atom is -0.312 e. The third-order valence-corrected chi connectivity index (χ3v) is 6.29. The molecular formula is C20H19N3O2S2. The second-order valence-corrected chi connectivity index (χ2v) is 8.50. The summed E-state index contributed by atoms with van der Waals surface area (Å²) in [7, 11) is 0. The van der Waals surface area contributed by atoms with Gasteiger partial charge in [0, 0.05) is 23.5 Å². The van der Waals surface area contributed by atoms with Crippen LogP contribution in [-0.2, 0) is 9.59 Å². The normalized spacial score (nSPS) is 16.9. The molecule has 1 fully saturated rings. The number of rotatable bonds is 4. The number of benzene rings is 2. The zero-order valence-electron chi connectivity index (χ0n) is 15.1. The molecule has 0 aliphatic carbocycles. The molecule has 1 aliphatic rings. The molecule has 1 aromatic heterocycles. The van der Waals surface area contributed by atoms with E-state index < -0.39 is 0 Å². The van der Waals surface area contributed by atoms with E-state index in [9.17, 15) is 9.59 Å². The van der Waals surface area contributed by atoms with Crippen molar-refractivity contribution in [1.29, 1.82) is 0 Å². The maximum absolute atomic E-state index is 12.7. The molecule has 0 bridgehead atoms. The molecule has 1 saturated heterocycles. The Bertz CT molecular complexity index is 1030. The van der Waals surface area contributed by atoms with Gasteiger partial charge < -0.3 is 10.2 Å². The molecule has 2 heterocycles. The van der Waals surface area contributed by atoms with Gasteiger partial charge in [0.25, 0.3) is 0 Å². The van der Waals surface area contributed by atoms with E-state index in [0.717, 1.165) is 26.4 Å². The SMILES string of the molecule is CSc1cccc(N2C[C@H](C(=O)Nc3nc4ccc(C)cc4s3)CC2=O)c1. The maximum Gasteiger partial charge on any atom is 0.231 e. The molecule has 5 nitrogen and oxygen atoms in total. The number of nitrogens with one attached hydrogen (secondary N) is 1. The van der Waals surface area contributed by atoms with Crippen molar-refractivity contribution in [1.82, 2.24) is 4.98 Å². The predicted octanol–water partition coefficient (Wildman–Crippen LogP) is 4.32. The van der Waals surface area contributed by atoms with Crippen molar-refractivity contribution in [3.63, 3.8) is 0 Å². The van der Waals surface area contributed by atoms with E-state index in [1.807, 2.05) is 49.6 Å². The molecular weight excluding hydrogens is 378 g/mol. The quantitative estimate of drug-likeness (QED) is 0.666. The van der Waals surface area contributed by atoms with E-state index in [4.69, 9.17) is 0 Å². The first-order chi connectivity index (χ1) is 13.0. The molecule has 0 radical (unpaired) electrons. The first-order valence-corrected chi connectivity index (χ1v) is 10.7. The van der Waals surface area contributed by atoms with Gasteiger partial charge in [0.15, 0.2) is 5.13 Å². The Morgan fingerprint density at radius 1 is 1.30 bits per heavy atom. The molecule has 2 amide bonds. The van der Waals surface area contributed by atoms with Crippen molar-refractivity contribution in [2.75, 3.05) is 23.0 Å². The fourth-order valence-electron chi connectivity index (χ4n) is 3.20. The van der Waals surface area contributed by atoms with Gasteiger partial charge in [-0.1, -0.05) is 23.5 Å². The Kier molecular flexibility index (Phi) is 4.88. The number of thioether (sulfide) groups is 1. The average Bonchev–Trinajstić information content (AvgIpc) is 3.24. The number of aryl methyl sites for hydroxylation is 1. The Balaban J connectivity index is 1.48. The summed E-state index contributed by atoms with van der Waals surface area (Å²) < 4.78 is 1.04. The Labute approximate surface area is 165 Å². The molecule has 7 heteroatoms. The van der Waals surface area contributed by atoms with E-state index in [1.54, 1.807) is 16.7 Å². The standard InChI is InChI=1S/C20H19N3O2S2/c1-12-6-7-16-17(8-12)27-20(21-16)22-19(25)13-9-18(24)23(11-13)14-4-3-5-15(10-14)26-2/h3-8,10,13H,9,11H2,1-2H3,(H,21,22,25)/t13-/m1/s1. The molecule has 1 N–H and O–H groups in total. The first-order valence-electron chi connectivity index (χ1n) is 8.66. The monoisotopic (exact) mass is 397 g/mol. The van der Waals surface area contributed by atoms with Crippen molar-refractivity contribution in [3.8, 4) is 0 Å². The van der Waals surface area contributed by atoms with E-state index in [2.05, 4.69) is 16.4 Å². The number of anilines is 2. The van der Waals surface area contributed by atoms with Gasteiger partial charge in [-0.05, 0) is 49.1 Å². The molecule has 0 unspecified atom stereocenters. The number of amides is 2. The van der Waals surface area contributed by atoms with E-state index in [-0.39, 0.29) is 24.2 Å². The van der Waals surface area contributed by atoms with Crippen molar-refractivity contribution < 1.29 is 9.59 Å². The summed E-state index contributed by atoms with van der Waals surface area (Å²) in [6, 6.07) is 13.9. The van der Waals surface area contributed by atoms with Crippen LogP contribution < -0.4 is 10.2 Å². The molecule has 1 aliphatic heterocycles. The lowest BCUT2D eigenvalue weighted by molar-refractivity contribution is -0.122. The number of carbonyl (C=O) groups is 2. The summed E-state index contributed by atoms with van der Waals surface area (Å²) in [5.41, 5.74) is 2.88. The van der Waals surface area contributed by atoms with Gasteiger partial charge in [-0.15, -0.1) is 11.8 Å². The summed E-state index contributed by atoms with van der Waals surface area (Å²) in [4.78, 5) is 32.4. The number of hydrogen-bond donors (Lipinski definition) is 1. The van der Waals surface area contributed by atoms with Gasteiger partial charge in [0.05, 0.1) is 16.1 Å². The Morgan fingerprint density at radius 2 is 2.15 bits per heavy atom. The summed E-state index contributed by atoms with van der Waals surface area (Å²) in [5, 5.41) is 3.47. The highest BCUT2D eigenvalue weighted by Gasteiger charge is 2.35. The average molecular weight is 398 g/mol.